The largest absolute Gasteiger partial charge is 0.405 e. The van der Waals surface area contributed by atoms with E-state index in [1.165, 1.54) is 24.7 Å². The zero-order chi connectivity index (χ0) is 29.2. The fraction of sp³-hybridized carbons (Fsp3) is 0.231. The number of urea groups is 1. The Hall–Kier alpha value is -4.75. The lowest BCUT2D eigenvalue weighted by molar-refractivity contribution is -0.126. The quantitative estimate of drug-likeness (QED) is 0.213. The number of hydrogen-bond acceptors (Lipinski definition) is 5. The molecule has 0 aliphatic carbocycles. The minimum absolute atomic E-state index is 0.0321. The molecule has 14 heteroatoms. The third-order valence-electron chi connectivity index (χ3n) is 5.94. The molecule has 0 radical (unpaired) electrons. The van der Waals surface area contributed by atoms with E-state index < -0.39 is 48.3 Å². The lowest BCUT2D eigenvalue weighted by Crippen LogP contribution is -2.51. The van der Waals surface area contributed by atoms with Gasteiger partial charge in [0, 0.05) is 35.0 Å². The number of primary amides is 1. The van der Waals surface area contributed by atoms with Gasteiger partial charge in [-0.2, -0.15) is 13.2 Å². The van der Waals surface area contributed by atoms with Crippen molar-refractivity contribution in [2.24, 2.45) is 11.7 Å². The number of pyridine rings is 2. The van der Waals surface area contributed by atoms with Crippen LogP contribution in [0.1, 0.15) is 13.8 Å². The average Bonchev–Trinajstić information content (AvgIpc) is 3.27. The van der Waals surface area contributed by atoms with Gasteiger partial charge in [0.05, 0.1) is 29.5 Å². The summed E-state index contributed by atoms with van der Waals surface area (Å²) >= 11 is 0. The van der Waals surface area contributed by atoms with E-state index in [0.29, 0.717) is 28.2 Å². The van der Waals surface area contributed by atoms with E-state index in [2.05, 4.69) is 25.6 Å². The van der Waals surface area contributed by atoms with Gasteiger partial charge in [-0.15, -0.1) is 0 Å². The summed E-state index contributed by atoms with van der Waals surface area (Å²) in [4.78, 5) is 36.7. The minimum Gasteiger partial charge on any atom is -0.368 e. The van der Waals surface area contributed by atoms with Crippen LogP contribution in [-0.4, -0.2) is 45.7 Å². The van der Waals surface area contributed by atoms with Crippen molar-refractivity contribution < 1.29 is 31.5 Å². The van der Waals surface area contributed by atoms with E-state index in [1.807, 2.05) is 0 Å². The van der Waals surface area contributed by atoms with Gasteiger partial charge >= 0.3 is 12.2 Å². The van der Waals surface area contributed by atoms with Crippen LogP contribution >= 0.6 is 0 Å². The maximum Gasteiger partial charge on any atom is 0.405 e. The van der Waals surface area contributed by atoms with Gasteiger partial charge in [-0.05, 0) is 30.2 Å². The van der Waals surface area contributed by atoms with Crippen molar-refractivity contribution in [2.45, 2.75) is 26.1 Å². The SMILES string of the molecule is CC(C)[C@@H](C(N)=O)N(CC(F)(F)F)c1cncc(-c2c[nH]c3ncc(NC(=O)Nc4ccc(F)cc4F)cc23)c1. The van der Waals surface area contributed by atoms with E-state index in [-0.39, 0.29) is 17.1 Å². The van der Waals surface area contributed by atoms with Crippen molar-refractivity contribution in [3.63, 3.8) is 0 Å². The minimum atomic E-state index is -4.62. The van der Waals surface area contributed by atoms with Gasteiger partial charge in [0.1, 0.15) is 29.9 Å². The number of carbonyl (C=O) groups is 2. The van der Waals surface area contributed by atoms with E-state index in [4.69, 9.17) is 5.73 Å². The van der Waals surface area contributed by atoms with Crippen molar-refractivity contribution in [1.29, 1.82) is 0 Å². The number of nitrogens with two attached hydrogens (primary N) is 1. The first-order valence-corrected chi connectivity index (χ1v) is 11.9. The molecule has 0 aliphatic heterocycles. The summed E-state index contributed by atoms with van der Waals surface area (Å²) in [5, 5.41) is 5.26. The Morgan fingerprint density at radius 3 is 2.48 bits per heavy atom. The number of aromatic amines is 1. The van der Waals surface area contributed by atoms with Gasteiger partial charge in [-0.3, -0.25) is 9.78 Å². The lowest BCUT2D eigenvalue weighted by Gasteiger charge is -2.34. The third-order valence-corrected chi connectivity index (χ3v) is 5.94. The average molecular weight is 562 g/mol. The highest BCUT2D eigenvalue weighted by Gasteiger charge is 2.37. The zero-order valence-electron chi connectivity index (χ0n) is 21.2. The van der Waals surface area contributed by atoms with Crippen molar-refractivity contribution >= 4 is 40.0 Å². The van der Waals surface area contributed by atoms with Gasteiger partial charge in [-0.25, -0.2) is 18.6 Å². The Morgan fingerprint density at radius 2 is 1.82 bits per heavy atom. The van der Waals surface area contributed by atoms with E-state index in [0.717, 1.165) is 17.0 Å². The van der Waals surface area contributed by atoms with Crippen molar-refractivity contribution in [1.82, 2.24) is 15.0 Å². The van der Waals surface area contributed by atoms with E-state index in [1.54, 1.807) is 26.1 Å². The first-order chi connectivity index (χ1) is 18.8. The molecule has 4 aromatic rings. The second-order valence-electron chi connectivity index (χ2n) is 9.29. The summed E-state index contributed by atoms with van der Waals surface area (Å²) in [6.45, 7) is 1.77. The molecule has 0 bridgehead atoms. The summed E-state index contributed by atoms with van der Waals surface area (Å²) in [6, 6.07) is 3.62. The molecule has 3 aromatic heterocycles. The number of rotatable bonds is 8. The Balaban J connectivity index is 1.65. The molecule has 0 fully saturated rings. The molecule has 40 heavy (non-hydrogen) atoms. The van der Waals surface area contributed by atoms with Crippen molar-refractivity contribution in [3.05, 3.63) is 66.8 Å². The third kappa shape index (κ3) is 6.45. The number of anilines is 3. The topological polar surface area (TPSA) is 129 Å². The van der Waals surface area contributed by atoms with E-state index in [9.17, 15) is 31.5 Å². The number of carbonyl (C=O) groups excluding carboxylic acids is 2. The molecule has 1 aromatic carbocycles. The molecule has 3 heterocycles. The van der Waals surface area contributed by atoms with Crippen LogP contribution in [0.25, 0.3) is 22.2 Å². The van der Waals surface area contributed by atoms with Gasteiger partial charge in [0.25, 0.3) is 0 Å². The Labute approximate surface area is 224 Å². The van der Waals surface area contributed by atoms with Gasteiger partial charge < -0.3 is 26.3 Å². The summed E-state index contributed by atoms with van der Waals surface area (Å²) in [7, 11) is 0. The predicted octanol–water partition coefficient (Wildman–Crippen LogP) is 5.43. The van der Waals surface area contributed by atoms with E-state index >= 15 is 0 Å². The first kappa shape index (κ1) is 28.3. The van der Waals surface area contributed by atoms with Gasteiger partial charge in [-0.1, -0.05) is 13.8 Å². The highest BCUT2D eigenvalue weighted by Crippen LogP contribution is 2.33. The monoisotopic (exact) mass is 561 g/mol. The van der Waals surface area contributed by atoms with Crippen LogP contribution in [-0.2, 0) is 4.79 Å². The van der Waals surface area contributed by atoms with Crippen LogP contribution in [0.3, 0.4) is 0 Å². The Morgan fingerprint density at radius 1 is 1.07 bits per heavy atom. The number of nitrogens with one attached hydrogen (secondary N) is 3. The summed E-state index contributed by atoms with van der Waals surface area (Å²) in [5.74, 6) is -3.19. The molecule has 210 valence electrons. The Bertz CT molecular complexity index is 1550. The summed E-state index contributed by atoms with van der Waals surface area (Å²) in [5.41, 5.74) is 6.77. The summed E-state index contributed by atoms with van der Waals surface area (Å²) < 4.78 is 67.4. The fourth-order valence-electron chi connectivity index (χ4n) is 4.30. The van der Waals surface area contributed by atoms with Gasteiger partial charge in [0.2, 0.25) is 5.91 Å². The number of nitrogens with zero attached hydrogens (tertiary/aromatic N) is 3. The zero-order valence-corrected chi connectivity index (χ0v) is 21.2. The number of hydrogen-bond donors (Lipinski definition) is 4. The molecule has 9 nitrogen and oxygen atoms in total. The van der Waals surface area contributed by atoms with Crippen LogP contribution < -0.4 is 21.3 Å². The molecule has 0 aliphatic rings. The maximum atomic E-state index is 13.9. The van der Waals surface area contributed by atoms with Gasteiger partial charge in [0.15, 0.2) is 0 Å². The normalized spacial score (nSPS) is 12.4. The molecule has 0 saturated heterocycles. The van der Waals surface area contributed by atoms with Crippen molar-refractivity contribution in [2.75, 3.05) is 22.1 Å². The summed E-state index contributed by atoms with van der Waals surface area (Å²) in [6.07, 6.45) is 0.922. The molecule has 0 unspecified atom stereocenters. The van der Waals surface area contributed by atoms with Crippen molar-refractivity contribution in [3.8, 4) is 11.1 Å². The lowest BCUT2D eigenvalue weighted by atomic mass is 10.0. The molecule has 0 saturated carbocycles. The maximum absolute atomic E-state index is 13.9. The molecule has 1 atom stereocenters. The molecular formula is C26H24F5N7O2. The number of H-pyrrole nitrogens is 1. The second-order valence-corrected chi connectivity index (χ2v) is 9.29. The van der Waals surface area contributed by atoms with Crippen LogP contribution in [0.5, 0.6) is 0 Å². The molecule has 4 rings (SSSR count). The van der Waals surface area contributed by atoms with Crippen LogP contribution in [0, 0.1) is 17.6 Å². The molecular weight excluding hydrogens is 537 g/mol. The van der Waals surface area contributed by atoms with Crippen LogP contribution in [0.15, 0.2) is 55.1 Å². The van der Waals surface area contributed by atoms with Crippen LogP contribution in [0.2, 0.25) is 0 Å². The number of amides is 3. The predicted molar refractivity (Wildman–Crippen MR) is 140 cm³/mol. The Kier molecular flexibility index (Phi) is 7.89. The smallest absolute Gasteiger partial charge is 0.368 e. The second kappa shape index (κ2) is 11.2. The number of benzene rings is 1. The highest BCUT2D eigenvalue weighted by molar-refractivity contribution is 6.02. The number of alkyl halides is 3. The standard InChI is InChI=1S/C26H24F5N7O2/c1-13(2)22(23(32)39)38(12-26(29,30)31)17-5-14(8-33-10-17)19-11-35-24-18(19)7-16(9-34-24)36-25(40)37-21-4-3-15(27)6-20(21)28/h3-11,13,22H,12H2,1-2H3,(H2,32,39)(H,34,35)(H2,36,37,40)/t22-/m0/s1. The highest BCUT2D eigenvalue weighted by atomic mass is 19.4. The number of fused-ring (bicyclic) bond motifs is 1. The fourth-order valence-corrected chi connectivity index (χ4v) is 4.30. The first-order valence-electron chi connectivity index (χ1n) is 11.9. The molecule has 0 spiro atoms. The molecule has 5 N–H and O–H groups in total. The number of aromatic nitrogens is 3. The number of halogens is 5. The van der Waals surface area contributed by atoms with Crippen LogP contribution in [0.4, 0.5) is 43.8 Å². The molecule has 3 amide bonds.